The van der Waals surface area contributed by atoms with Crippen LogP contribution in [0.1, 0.15) is 19.4 Å². The van der Waals surface area contributed by atoms with Crippen LogP contribution in [0, 0.1) is 0 Å². The highest BCUT2D eigenvalue weighted by Gasteiger charge is 2.18. The molecule has 24 heavy (non-hydrogen) atoms. The number of rotatable bonds is 8. The molecule has 0 saturated carbocycles. The molecule has 0 spiro atoms. The number of hydrogen-bond acceptors (Lipinski definition) is 5. The number of hydrogen-bond donors (Lipinski definition) is 1. The Morgan fingerprint density at radius 1 is 1.17 bits per heavy atom. The molecule has 0 aromatic heterocycles. The third kappa shape index (κ3) is 5.51. The SMILES string of the molecule is C/C=C/c1ccc(OC[C@@H](O)CN2CCN(CC)CC2)c(OC)c1. The number of methoxy groups -OCH3 is 1. The first kappa shape index (κ1) is 18.8. The summed E-state index contributed by atoms with van der Waals surface area (Å²) < 4.78 is 11.2. The van der Waals surface area contributed by atoms with Crippen LogP contribution < -0.4 is 9.47 Å². The third-order valence-corrected chi connectivity index (χ3v) is 4.36. The summed E-state index contributed by atoms with van der Waals surface area (Å²) in [4.78, 5) is 4.73. The second kappa shape index (κ2) is 9.67. The number of piperazine rings is 1. The van der Waals surface area contributed by atoms with E-state index in [9.17, 15) is 5.11 Å². The fraction of sp³-hybridized carbons (Fsp3) is 0.579. The van der Waals surface area contributed by atoms with Gasteiger partial charge in [-0.1, -0.05) is 25.1 Å². The van der Waals surface area contributed by atoms with Crippen LogP contribution in [-0.2, 0) is 0 Å². The van der Waals surface area contributed by atoms with Crippen molar-refractivity contribution in [3.63, 3.8) is 0 Å². The number of aliphatic hydroxyl groups is 1. The van der Waals surface area contributed by atoms with Crippen LogP contribution in [0.4, 0.5) is 0 Å². The van der Waals surface area contributed by atoms with Gasteiger partial charge in [-0.05, 0) is 31.2 Å². The van der Waals surface area contributed by atoms with Gasteiger partial charge >= 0.3 is 0 Å². The van der Waals surface area contributed by atoms with E-state index in [4.69, 9.17) is 9.47 Å². The lowest BCUT2D eigenvalue weighted by atomic mass is 10.2. The van der Waals surface area contributed by atoms with Crippen LogP contribution >= 0.6 is 0 Å². The monoisotopic (exact) mass is 334 g/mol. The normalized spacial score (nSPS) is 18.0. The molecular weight excluding hydrogens is 304 g/mol. The Morgan fingerprint density at radius 3 is 2.50 bits per heavy atom. The first-order valence-corrected chi connectivity index (χ1v) is 8.72. The molecule has 1 aromatic rings. The van der Waals surface area contributed by atoms with Gasteiger partial charge in [0, 0.05) is 32.7 Å². The fourth-order valence-corrected chi connectivity index (χ4v) is 2.92. The molecule has 0 amide bonds. The molecule has 0 aliphatic carbocycles. The number of nitrogens with zero attached hydrogens (tertiary/aromatic N) is 2. The van der Waals surface area contributed by atoms with Crippen LogP contribution in [0.3, 0.4) is 0 Å². The molecule has 0 radical (unpaired) electrons. The number of benzene rings is 1. The molecule has 1 heterocycles. The first-order valence-electron chi connectivity index (χ1n) is 8.72. The molecule has 5 nitrogen and oxygen atoms in total. The second-order valence-electron chi connectivity index (χ2n) is 6.11. The van der Waals surface area contributed by atoms with E-state index in [1.54, 1.807) is 7.11 Å². The van der Waals surface area contributed by atoms with Gasteiger partial charge in [0.1, 0.15) is 12.7 Å². The molecule has 0 bridgehead atoms. The van der Waals surface area contributed by atoms with Crippen LogP contribution in [0.15, 0.2) is 24.3 Å². The van der Waals surface area contributed by atoms with Crippen molar-refractivity contribution in [3.8, 4) is 11.5 Å². The summed E-state index contributed by atoms with van der Waals surface area (Å²) >= 11 is 0. The van der Waals surface area contributed by atoms with Gasteiger partial charge in [0.15, 0.2) is 11.5 Å². The molecule has 1 aromatic carbocycles. The third-order valence-electron chi connectivity index (χ3n) is 4.36. The Kier molecular flexibility index (Phi) is 7.56. The number of likely N-dealkylation sites (N-methyl/N-ethyl adjacent to an activating group) is 1. The van der Waals surface area contributed by atoms with Gasteiger partial charge < -0.3 is 19.5 Å². The van der Waals surface area contributed by atoms with Crippen molar-refractivity contribution in [3.05, 3.63) is 29.8 Å². The van der Waals surface area contributed by atoms with Gasteiger partial charge in [0.2, 0.25) is 0 Å². The second-order valence-corrected chi connectivity index (χ2v) is 6.11. The van der Waals surface area contributed by atoms with Crippen molar-refractivity contribution in [1.29, 1.82) is 0 Å². The highest BCUT2D eigenvalue weighted by Crippen LogP contribution is 2.28. The maximum absolute atomic E-state index is 10.3. The summed E-state index contributed by atoms with van der Waals surface area (Å²) in [6, 6.07) is 5.81. The lowest BCUT2D eigenvalue weighted by molar-refractivity contribution is 0.0464. The standard InChI is InChI=1S/C19H30N2O3/c1-4-6-16-7-8-18(19(13-16)23-3)24-15-17(22)14-21-11-9-20(5-2)10-12-21/h4,6-8,13,17,22H,5,9-12,14-15H2,1-3H3/b6-4+/t17-/m0/s1. The van der Waals surface area contributed by atoms with E-state index < -0.39 is 6.10 Å². The van der Waals surface area contributed by atoms with E-state index in [2.05, 4.69) is 16.7 Å². The van der Waals surface area contributed by atoms with Gasteiger partial charge in [-0.3, -0.25) is 4.90 Å². The van der Waals surface area contributed by atoms with Gasteiger partial charge in [-0.25, -0.2) is 0 Å². The Labute approximate surface area is 145 Å². The number of aliphatic hydroxyl groups excluding tert-OH is 1. The summed E-state index contributed by atoms with van der Waals surface area (Å²) in [6.07, 6.45) is 3.49. The highest BCUT2D eigenvalue weighted by molar-refractivity contribution is 5.55. The molecule has 0 unspecified atom stereocenters. The summed E-state index contributed by atoms with van der Waals surface area (Å²) in [5.41, 5.74) is 1.07. The van der Waals surface area contributed by atoms with Crippen LogP contribution in [-0.4, -0.2) is 74.0 Å². The number of allylic oxidation sites excluding steroid dienone is 1. The van der Waals surface area contributed by atoms with Gasteiger partial charge in [-0.2, -0.15) is 0 Å². The van der Waals surface area contributed by atoms with Gasteiger partial charge in [0.25, 0.3) is 0 Å². The molecule has 5 heteroatoms. The lowest BCUT2D eigenvalue weighted by Crippen LogP contribution is -2.49. The summed E-state index contributed by atoms with van der Waals surface area (Å²) in [5, 5.41) is 10.3. The Bertz CT molecular complexity index is 525. The average Bonchev–Trinajstić information content (AvgIpc) is 2.61. The quantitative estimate of drug-likeness (QED) is 0.789. The highest BCUT2D eigenvalue weighted by atomic mass is 16.5. The van der Waals surface area contributed by atoms with E-state index in [0.717, 1.165) is 38.3 Å². The minimum Gasteiger partial charge on any atom is -0.493 e. The molecule has 1 saturated heterocycles. The van der Waals surface area contributed by atoms with E-state index in [-0.39, 0.29) is 6.61 Å². The predicted molar refractivity (Wildman–Crippen MR) is 97.8 cm³/mol. The van der Waals surface area contributed by atoms with Crippen LogP contribution in [0.25, 0.3) is 6.08 Å². The predicted octanol–water partition coefficient (Wildman–Crippen LogP) is 2.11. The Hall–Kier alpha value is -1.56. The first-order chi connectivity index (χ1) is 11.7. The summed E-state index contributed by atoms with van der Waals surface area (Å²) in [7, 11) is 1.63. The minimum absolute atomic E-state index is 0.271. The largest absolute Gasteiger partial charge is 0.493 e. The maximum Gasteiger partial charge on any atom is 0.161 e. The van der Waals surface area contributed by atoms with Crippen molar-refractivity contribution >= 4 is 6.08 Å². The molecule has 1 aliphatic heterocycles. The van der Waals surface area contributed by atoms with E-state index >= 15 is 0 Å². The maximum atomic E-state index is 10.3. The van der Waals surface area contributed by atoms with E-state index in [1.807, 2.05) is 37.3 Å². The average molecular weight is 334 g/mol. The topological polar surface area (TPSA) is 45.2 Å². The zero-order chi connectivity index (χ0) is 17.4. The smallest absolute Gasteiger partial charge is 0.161 e. The van der Waals surface area contributed by atoms with Crippen molar-refractivity contribution in [1.82, 2.24) is 9.80 Å². The van der Waals surface area contributed by atoms with Crippen molar-refractivity contribution in [2.45, 2.75) is 20.0 Å². The molecule has 1 fully saturated rings. The van der Waals surface area contributed by atoms with E-state index in [1.165, 1.54) is 0 Å². The van der Waals surface area contributed by atoms with Crippen molar-refractivity contribution in [2.75, 3.05) is 53.0 Å². The molecule has 134 valence electrons. The lowest BCUT2D eigenvalue weighted by Gasteiger charge is -2.34. The zero-order valence-corrected chi connectivity index (χ0v) is 15.1. The molecule has 2 rings (SSSR count). The van der Waals surface area contributed by atoms with Crippen molar-refractivity contribution in [2.24, 2.45) is 0 Å². The number of β-amino-alcohol motifs (C(OH)–C–C–N with tert-alkyl or cyclic N) is 1. The minimum atomic E-state index is -0.502. The van der Waals surface area contributed by atoms with Crippen LogP contribution in [0.2, 0.25) is 0 Å². The molecular formula is C19H30N2O3. The zero-order valence-electron chi connectivity index (χ0n) is 15.1. The molecule has 1 atom stereocenters. The fourth-order valence-electron chi connectivity index (χ4n) is 2.92. The Balaban J connectivity index is 1.82. The summed E-state index contributed by atoms with van der Waals surface area (Å²) in [6.45, 7) is 10.3. The van der Waals surface area contributed by atoms with E-state index in [0.29, 0.717) is 18.0 Å². The summed E-state index contributed by atoms with van der Waals surface area (Å²) in [5.74, 6) is 1.36. The van der Waals surface area contributed by atoms with Gasteiger partial charge in [-0.15, -0.1) is 0 Å². The van der Waals surface area contributed by atoms with Crippen LogP contribution in [0.5, 0.6) is 11.5 Å². The Morgan fingerprint density at radius 2 is 1.88 bits per heavy atom. The van der Waals surface area contributed by atoms with Crippen molar-refractivity contribution < 1.29 is 14.6 Å². The molecule has 1 aliphatic rings. The number of ether oxygens (including phenoxy) is 2. The van der Waals surface area contributed by atoms with Gasteiger partial charge in [0.05, 0.1) is 7.11 Å². The molecule has 1 N–H and O–H groups in total.